The van der Waals surface area contributed by atoms with Crippen molar-refractivity contribution in [3.63, 3.8) is 0 Å². The smallest absolute Gasteiger partial charge is 0.136 e. The predicted molar refractivity (Wildman–Crippen MR) is 67.8 cm³/mol. The molecule has 2 N–H and O–H groups in total. The van der Waals surface area contributed by atoms with E-state index in [2.05, 4.69) is 13.8 Å². The van der Waals surface area contributed by atoms with Crippen LogP contribution in [0, 0.1) is 35.0 Å². The molecule has 102 valence electrons. The summed E-state index contributed by atoms with van der Waals surface area (Å²) in [6, 6.07) is 0. The zero-order valence-corrected chi connectivity index (χ0v) is 11.5. The summed E-state index contributed by atoms with van der Waals surface area (Å²) in [5.74, 6) is 1.77. The summed E-state index contributed by atoms with van der Waals surface area (Å²) in [5, 5.41) is 20.2. The summed E-state index contributed by atoms with van der Waals surface area (Å²) < 4.78 is 0. The number of Topliss-reactive ketones (excluding diaryl/α,β-unsaturated/α-hetero) is 1. The first kappa shape index (κ1) is 12.6. The summed E-state index contributed by atoms with van der Waals surface area (Å²) in [6.45, 7) is 6.39. The Balaban J connectivity index is 1.99. The Hall–Kier alpha value is -0.410. The van der Waals surface area contributed by atoms with E-state index in [1.165, 1.54) is 0 Å². The van der Waals surface area contributed by atoms with Gasteiger partial charge in [-0.25, -0.2) is 0 Å². The Morgan fingerprint density at radius 3 is 2.61 bits per heavy atom. The van der Waals surface area contributed by atoms with Crippen molar-refractivity contribution in [1.29, 1.82) is 0 Å². The van der Waals surface area contributed by atoms with E-state index < -0.39 is 5.60 Å². The highest BCUT2D eigenvalue weighted by Gasteiger charge is 2.68. The van der Waals surface area contributed by atoms with Crippen molar-refractivity contribution < 1.29 is 15.0 Å². The molecule has 0 aromatic heterocycles. The average Bonchev–Trinajstić information content (AvgIpc) is 2.78. The first-order chi connectivity index (χ1) is 8.33. The number of aliphatic hydroxyl groups excluding tert-OH is 1. The van der Waals surface area contributed by atoms with Crippen molar-refractivity contribution in [3.8, 4) is 0 Å². The average molecular weight is 252 g/mol. The van der Waals surface area contributed by atoms with Gasteiger partial charge in [0, 0.05) is 18.3 Å². The first-order valence-corrected chi connectivity index (χ1v) is 7.19. The van der Waals surface area contributed by atoms with Crippen molar-refractivity contribution in [1.82, 2.24) is 0 Å². The van der Waals surface area contributed by atoms with Crippen LogP contribution in [-0.2, 0) is 4.79 Å². The van der Waals surface area contributed by atoms with E-state index >= 15 is 0 Å². The van der Waals surface area contributed by atoms with Crippen LogP contribution in [0.1, 0.15) is 40.0 Å². The fourth-order valence-electron chi connectivity index (χ4n) is 5.10. The standard InChI is InChI=1S/C15H24O3/c1-8-11(17)6-10-12(8)13-9(14(13,2)3)4-5-15(10,18)7-16/h8-10,12-13,16,18H,4-7H2,1-3H3. The van der Waals surface area contributed by atoms with Crippen LogP contribution in [0.15, 0.2) is 0 Å². The lowest BCUT2D eigenvalue weighted by Gasteiger charge is -2.36. The Labute approximate surface area is 109 Å². The molecule has 0 radical (unpaired) electrons. The second-order valence-electron chi connectivity index (χ2n) is 7.40. The molecule has 3 nitrogen and oxygen atoms in total. The van der Waals surface area contributed by atoms with Gasteiger partial charge in [0.1, 0.15) is 5.78 Å². The Morgan fingerprint density at radius 1 is 1.33 bits per heavy atom. The van der Waals surface area contributed by atoms with Crippen LogP contribution in [0.2, 0.25) is 0 Å². The van der Waals surface area contributed by atoms with Gasteiger partial charge in [0.2, 0.25) is 0 Å². The van der Waals surface area contributed by atoms with Gasteiger partial charge in [-0.3, -0.25) is 4.79 Å². The molecule has 0 aromatic carbocycles. The number of rotatable bonds is 1. The maximum atomic E-state index is 12.0. The second kappa shape index (κ2) is 3.57. The molecule has 0 spiro atoms. The van der Waals surface area contributed by atoms with Gasteiger partial charge in [0.15, 0.2) is 0 Å². The summed E-state index contributed by atoms with van der Waals surface area (Å²) in [4.78, 5) is 12.0. The van der Waals surface area contributed by atoms with E-state index in [1.54, 1.807) is 0 Å². The molecule has 3 saturated carbocycles. The number of fused-ring (bicyclic) bond motifs is 3. The van der Waals surface area contributed by atoms with Crippen LogP contribution in [0.3, 0.4) is 0 Å². The molecule has 0 aliphatic heterocycles. The number of ketones is 1. The quantitative estimate of drug-likeness (QED) is 0.745. The zero-order chi connectivity index (χ0) is 13.3. The largest absolute Gasteiger partial charge is 0.393 e. The minimum absolute atomic E-state index is 0.0261. The molecule has 0 bridgehead atoms. The maximum absolute atomic E-state index is 12.0. The molecule has 3 aliphatic carbocycles. The molecule has 3 rings (SSSR count). The van der Waals surface area contributed by atoms with Crippen molar-refractivity contribution in [3.05, 3.63) is 0 Å². The van der Waals surface area contributed by atoms with Crippen LogP contribution in [0.5, 0.6) is 0 Å². The third-order valence-corrected chi connectivity index (χ3v) is 6.38. The molecular weight excluding hydrogens is 228 g/mol. The second-order valence-corrected chi connectivity index (χ2v) is 7.40. The fraction of sp³-hybridized carbons (Fsp3) is 0.933. The maximum Gasteiger partial charge on any atom is 0.136 e. The highest BCUT2D eigenvalue weighted by Crippen LogP contribution is 2.70. The molecule has 3 fully saturated rings. The van der Waals surface area contributed by atoms with E-state index in [4.69, 9.17) is 0 Å². The van der Waals surface area contributed by atoms with Gasteiger partial charge in [0.05, 0.1) is 12.2 Å². The monoisotopic (exact) mass is 252 g/mol. The molecule has 0 heterocycles. The van der Waals surface area contributed by atoms with Gasteiger partial charge >= 0.3 is 0 Å². The summed E-state index contributed by atoms with van der Waals surface area (Å²) in [6.07, 6.45) is 2.10. The third kappa shape index (κ3) is 1.41. The first-order valence-electron chi connectivity index (χ1n) is 7.19. The Morgan fingerprint density at radius 2 is 2.00 bits per heavy atom. The van der Waals surface area contributed by atoms with Gasteiger partial charge in [-0.1, -0.05) is 20.8 Å². The van der Waals surface area contributed by atoms with Crippen molar-refractivity contribution in [2.45, 2.75) is 45.6 Å². The summed E-state index contributed by atoms with van der Waals surface area (Å²) >= 11 is 0. The van der Waals surface area contributed by atoms with Crippen LogP contribution in [-0.4, -0.2) is 28.2 Å². The van der Waals surface area contributed by atoms with Gasteiger partial charge in [-0.15, -0.1) is 0 Å². The molecule has 0 saturated heterocycles. The molecule has 6 unspecified atom stereocenters. The van der Waals surface area contributed by atoms with E-state index in [0.29, 0.717) is 30.1 Å². The van der Waals surface area contributed by atoms with Gasteiger partial charge < -0.3 is 10.2 Å². The zero-order valence-electron chi connectivity index (χ0n) is 11.5. The number of hydrogen-bond acceptors (Lipinski definition) is 3. The summed E-state index contributed by atoms with van der Waals surface area (Å²) in [7, 11) is 0. The van der Waals surface area contributed by atoms with Crippen molar-refractivity contribution in [2.24, 2.45) is 35.0 Å². The molecule has 18 heavy (non-hydrogen) atoms. The molecule has 3 aliphatic rings. The highest BCUT2D eigenvalue weighted by molar-refractivity contribution is 5.84. The fourth-order valence-corrected chi connectivity index (χ4v) is 5.10. The lowest BCUT2D eigenvalue weighted by atomic mass is 9.74. The minimum Gasteiger partial charge on any atom is -0.393 e. The van der Waals surface area contributed by atoms with Crippen LogP contribution < -0.4 is 0 Å². The predicted octanol–water partition coefficient (Wildman–Crippen LogP) is 1.62. The number of aliphatic hydroxyl groups is 2. The van der Waals surface area contributed by atoms with Gasteiger partial charge in [0.25, 0.3) is 0 Å². The van der Waals surface area contributed by atoms with Gasteiger partial charge in [-0.2, -0.15) is 0 Å². The van der Waals surface area contributed by atoms with E-state index in [-0.39, 0.29) is 30.1 Å². The Kier molecular flexibility index (Phi) is 2.50. The molecule has 0 aromatic rings. The molecule has 0 amide bonds. The van der Waals surface area contributed by atoms with E-state index in [9.17, 15) is 15.0 Å². The lowest BCUT2D eigenvalue weighted by molar-refractivity contribution is -0.121. The highest BCUT2D eigenvalue weighted by atomic mass is 16.3. The van der Waals surface area contributed by atoms with Crippen LogP contribution in [0.4, 0.5) is 0 Å². The summed E-state index contributed by atoms with van der Waals surface area (Å²) in [5.41, 5.74) is -0.701. The molecule has 3 heteroatoms. The van der Waals surface area contributed by atoms with E-state index in [0.717, 1.165) is 6.42 Å². The number of carbonyl (C=O) groups excluding carboxylic acids is 1. The molecular formula is C15H24O3. The lowest BCUT2D eigenvalue weighted by Crippen LogP contribution is -2.44. The number of hydrogen-bond donors (Lipinski definition) is 2. The third-order valence-electron chi connectivity index (χ3n) is 6.38. The normalized spacial score (nSPS) is 53.6. The van der Waals surface area contributed by atoms with Crippen LogP contribution in [0.25, 0.3) is 0 Å². The molecule has 6 atom stereocenters. The van der Waals surface area contributed by atoms with Crippen molar-refractivity contribution in [2.75, 3.05) is 6.61 Å². The topological polar surface area (TPSA) is 57.5 Å². The van der Waals surface area contributed by atoms with Gasteiger partial charge in [-0.05, 0) is 36.0 Å². The minimum atomic E-state index is -1.02. The van der Waals surface area contributed by atoms with Crippen molar-refractivity contribution >= 4 is 5.78 Å². The number of carbonyl (C=O) groups is 1. The SMILES string of the molecule is CC1C(=O)CC2C1C1C(CCC2(O)CO)C1(C)C. The Bertz CT molecular complexity index is 389. The van der Waals surface area contributed by atoms with Crippen LogP contribution >= 0.6 is 0 Å². The van der Waals surface area contributed by atoms with E-state index in [1.807, 2.05) is 6.92 Å².